The number of carbonyl (C=O) groups excluding carboxylic acids is 1. The van der Waals surface area contributed by atoms with Crippen molar-refractivity contribution in [3.05, 3.63) is 23.5 Å². The Bertz CT molecular complexity index is 942. The standard InChI is InChI=1S/C22H29F4N3O3/c1-12(27-13(2)30)10-31-15-6-4-14(5-7-15)8-19-28-21-16(23)9-17(32-11-18(24)25)20(26)22(21)29(19)3/h9,12,14-15,18H,4-8,10-11H2,1-3H3,(H,27,30)/t12-,14-,15-/m0/s1. The third kappa shape index (κ3) is 5.90. The van der Waals surface area contributed by atoms with Crippen LogP contribution in [0.1, 0.15) is 45.4 Å². The maximum absolute atomic E-state index is 14.8. The second-order valence-corrected chi connectivity index (χ2v) is 8.44. The molecule has 3 rings (SSSR count). The molecule has 32 heavy (non-hydrogen) atoms. The van der Waals surface area contributed by atoms with Gasteiger partial charge in [-0.1, -0.05) is 0 Å². The molecule has 1 aromatic heterocycles. The van der Waals surface area contributed by atoms with Gasteiger partial charge in [0.05, 0.1) is 12.7 Å². The number of carbonyl (C=O) groups is 1. The third-order valence-electron chi connectivity index (χ3n) is 5.76. The molecule has 178 valence electrons. The largest absolute Gasteiger partial charge is 0.484 e. The molecular formula is C22H29F4N3O3. The second-order valence-electron chi connectivity index (χ2n) is 8.44. The lowest BCUT2D eigenvalue weighted by atomic mass is 9.85. The van der Waals surface area contributed by atoms with Crippen LogP contribution in [0.4, 0.5) is 17.6 Å². The van der Waals surface area contributed by atoms with E-state index < -0.39 is 30.4 Å². The summed E-state index contributed by atoms with van der Waals surface area (Å²) in [5, 5.41) is 2.79. The SMILES string of the molecule is CC(=O)N[C@@H](C)CO[C@H]1CC[C@H](Cc2nc3c(F)cc(OCC(F)F)c(F)c3n2C)CC1. The number of amides is 1. The monoisotopic (exact) mass is 459 g/mol. The van der Waals surface area contributed by atoms with Gasteiger partial charge in [-0.2, -0.15) is 0 Å². The molecule has 1 aliphatic carbocycles. The molecule has 1 aromatic carbocycles. The van der Waals surface area contributed by atoms with Crippen LogP contribution in [0.5, 0.6) is 5.75 Å². The van der Waals surface area contributed by atoms with Crippen LogP contribution in [0.3, 0.4) is 0 Å². The molecule has 1 saturated carbocycles. The Morgan fingerprint density at radius 1 is 1.25 bits per heavy atom. The average Bonchev–Trinajstić information content (AvgIpc) is 3.05. The minimum absolute atomic E-state index is 0.0513. The summed E-state index contributed by atoms with van der Waals surface area (Å²) in [5.41, 5.74) is -0.221. The molecule has 1 aliphatic rings. The van der Waals surface area contributed by atoms with Gasteiger partial charge in [-0.05, 0) is 38.5 Å². The molecule has 1 atom stereocenters. The van der Waals surface area contributed by atoms with E-state index in [1.165, 1.54) is 11.5 Å². The average molecular weight is 459 g/mol. The number of aromatic nitrogens is 2. The number of nitrogens with zero attached hydrogens (tertiary/aromatic N) is 2. The summed E-state index contributed by atoms with van der Waals surface area (Å²) in [4.78, 5) is 15.4. The Balaban J connectivity index is 1.62. The van der Waals surface area contributed by atoms with Crippen molar-refractivity contribution in [2.45, 2.75) is 64.5 Å². The molecule has 1 fully saturated rings. The van der Waals surface area contributed by atoms with Gasteiger partial charge in [-0.3, -0.25) is 4.79 Å². The molecule has 1 heterocycles. The van der Waals surface area contributed by atoms with E-state index in [0.29, 0.717) is 24.8 Å². The van der Waals surface area contributed by atoms with Gasteiger partial charge in [0.15, 0.2) is 17.4 Å². The molecule has 0 aliphatic heterocycles. The molecule has 10 heteroatoms. The normalized spacial score (nSPS) is 20.0. The zero-order chi connectivity index (χ0) is 23.4. The Labute approximate surface area is 184 Å². The van der Waals surface area contributed by atoms with Crippen molar-refractivity contribution in [3.63, 3.8) is 0 Å². The van der Waals surface area contributed by atoms with E-state index in [9.17, 15) is 22.4 Å². The fraction of sp³-hybridized carbons (Fsp3) is 0.636. The molecule has 6 nitrogen and oxygen atoms in total. The van der Waals surface area contributed by atoms with E-state index in [1.54, 1.807) is 7.05 Å². The number of nitrogens with one attached hydrogen (secondary N) is 1. The van der Waals surface area contributed by atoms with Crippen molar-refractivity contribution in [3.8, 4) is 5.75 Å². The van der Waals surface area contributed by atoms with Gasteiger partial charge >= 0.3 is 0 Å². The maximum atomic E-state index is 14.8. The second kappa shape index (κ2) is 10.5. The van der Waals surface area contributed by atoms with Crippen LogP contribution in [-0.4, -0.2) is 47.2 Å². The predicted molar refractivity (Wildman–Crippen MR) is 111 cm³/mol. The highest BCUT2D eigenvalue weighted by molar-refractivity contribution is 5.79. The first-order valence-electron chi connectivity index (χ1n) is 10.8. The van der Waals surface area contributed by atoms with Crippen molar-refractivity contribution < 1.29 is 31.8 Å². The first-order valence-corrected chi connectivity index (χ1v) is 10.8. The molecular weight excluding hydrogens is 430 g/mol. The molecule has 0 bridgehead atoms. The summed E-state index contributed by atoms with van der Waals surface area (Å²) >= 11 is 0. The lowest BCUT2D eigenvalue weighted by Crippen LogP contribution is -2.36. The van der Waals surface area contributed by atoms with E-state index in [0.717, 1.165) is 31.7 Å². The third-order valence-corrected chi connectivity index (χ3v) is 5.76. The predicted octanol–water partition coefficient (Wildman–Crippen LogP) is 4.14. The van der Waals surface area contributed by atoms with Crippen LogP contribution < -0.4 is 10.1 Å². The number of imidazole rings is 1. The molecule has 0 radical (unpaired) electrons. The van der Waals surface area contributed by atoms with Gasteiger partial charge in [0.1, 0.15) is 23.5 Å². The van der Waals surface area contributed by atoms with Gasteiger partial charge in [0.2, 0.25) is 5.91 Å². The van der Waals surface area contributed by atoms with Crippen LogP contribution in [0, 0.1) is 17.6 Å². The van der Waals surface area contributed by atoms with Gasteiger partial charge < -0.3 is 19.4 Å². The van der Waals surface area contributed by atoms with Crippen molar-refractivity contribution >= 4 is 16.9 Å². The summed E-state index contributed by atoms with van der Waals surface area (Å²) in [5.74, 6) is -1.51. The summed E-state index contributed by atoms with van der Waals surface area (Å²) in [7, 11) is 1.59. The first kappa shape index (κ1) is 24.3. The highest BCUT2D eigenvalue weighted by atomic mass is 19.3. The number of fused-ring (bicyclic) bond motifs is 1. The topological polar surface area (TPSA) is 65.4 Å². The van der Waals surface area contributed by atoms with Crippen molar-refractivity contribution in [1.82, 2.24) is 14.9 Å². The van der Waals surface area contributed by atoms with Crippen LogP contribution in [0.2, 0.25) is 0 Å². The number of aryl methyl sites for hydroxylation is 1. The number of halogens is 4. The van der Waals surface area contributed by atoms with Crippen molar-refractivity contribution in [2.75, 3.05) is 13.2 Å². The number of hydrogen-bond donors (Lipinski definition) is 1. The number of alkyl halides is 2. The van der Waals surface area contributed by atoms with Gasteiger partial charge in [0, 0.05) is 32.5 Å². The molecule has 1 amide bonds. The number of benzene rings is 1. The van der Waals surface area contributed by atoms with E-state index in [-0.39, 0.29) is 29.1 Å². The van der Waals surface area contributed by atoms with Crippen LogP contribution in [-0.2, 0) is 23.0 Å². The summed E-state index contributed by atoms with van der Waals surface area (Å²) in [6.45, 7) is 2.80. The fourth-order valence-electron chi connectivity index (χ4n) is 4.20. The molecule has 0 spiro atoms. The lowest BCUT2D eigenvalue weighted by Gasteiger charge is -2.29. The molecule has 1 N–H and O–H groups in total. The maximum Gasteiger partial charge on any atom is 0.272 e. The van der Waals surface area contributed by atoms with Crippen molar-refractivity contribution in [2.24, 2.45) is 13.0 Å². The van der Waals surface area contributed by atoms with E-state index in [4.69, 9.17) is 9.47 Å². The van der Waals surface area contributed by atoms with E-state index >= 15 is 0 Å². The van der Waals surface area contributed by atoms with E-state index in [1.807, 2.05) is 6.92 Å². The smallest absolute Gasteiger partial charge is 0.272 e. The number of rotatable bonds is 9. The zero-order valence-corrected chi connectivity index (χ0v) is 18.5. The summed E-state index contributed by atoms with van der Waals surface area (Å²) in [6, 6.07) is 0.714. The minimum Gasteiger partial charge on any atom is -0.484 e. The minimum atomic E-state index is -2.79. The Morgan fingerprint density at radius 2 is 1.94 bits per heavy atom. The number of ether oxygens (including phenoxy) is 2. The van der Waals surface area contributed by atoms with Gasteiger partial charge in [0.25, 0.3) is 6.43 Å². The van der Waals surface area contributed by atoms with Crippen molar-refractivity contribution in [1.29, 1.82) is 0 Å². The zero-order valence-electron chi connectivity index (χ0n) is 18.5. The fourth-order valence-corrected chi connectivity index (χ4v) is 4.20. The quantitative estimate of drug-likeness (QED) is 0.573. The Kier molecular flexibility index (Phi) is 7.97. The van der Waals surface area contributed by atoms with Crippen LogP contribution in [0.15, 0.2) is 6.07 Å². The Morgan fingerprint density at radius 3 is 2.56 bits per heavy atom. The first-order chi connectivity index (χ1) is 15.2. The highest BCUT2D eigenvalue weighted by Gasteiger charge is 2.26. The molecule has 0 unspecified atom stereocenters. The lowest BCUT2D eigenvalue weighted by molar-refractivity contribution is -0.120. The summed E-state index contributed by atoms with van der Waals surface area (Å²) < 4.78 is 66.1. The van der Waals surface area contributed by atoms with Gasteiger partial charge in [-0.25, -0.2) is 22.5 Å². The van der Waals surface area contributed by atoms with Gasteiger partial charge in [-0.15, -0.1) is 0 Å². The van der Waals surface area contributed by atoms with Crippen LogP contribution >= 0.6 is 0 Å². The van der Waals surface area contributed by atoms with E-state index in [2.05, 4.69) is 10.3 Å². The Hall–Kier alpha value is -2.36. The number of hydrogen-bond acceptors (Lipinski definition) is 4. The molecule has 2 aromatic rings. The molecule has 0 saturated heterocycles. The van der Waals surface area contributed by atoms with Crippen LogP contribution in [0.25, 0.3) is 11.0 Å². The summed E-state index contributed by atoms with van der Waals surface area (Å²) in [6.07, 6.45) is 1.36. The highest BCUT2D eigenvalue weighted by Crippen LogP contribution is 2.33.